The van der Waals surface area contributed by atoms with Gasteiger partial charge in [0, 0.05) is 12.1 Å². The molecule has 98 valence electrons. The van der Waals surface area contributed by atoms with Crippen molar-refractivity contribution >= 4 is 0 Å². The minimum absolute atomic E-state index is 0.484. The van der Waals surface area contributed by atoms with Gasteiger partial charge in [-0.3, -0.25) is 0 Å². The average Bonchev–Trinajstić information content (AvgIpc) is 3.24. The smallest absolute Gasteiger partial charge is 0.120 e. The molecule has 2 aliphatic carbocycles. The van der Waals surface area contributed by atoms with Crippen LogP contribution in [0.4, 0.5) is 0 Å². The minimum atomic E-state index is 0.484. The highest BCUT2D eigenvalue weighted by molar-refractivity contribution is 5.31. The SMILES string of the molecule is CC(NC1CC1)C(C)c1cccc(OC2CC2)c1. The Bertz CT molecular complexity index is 409. The van der Waals surface area contributed by atoms with Gasteiger partial charge < -0.3 is 10.1 Å². The molecular weight excluding hydrogens is 222 g/mol. The van der Waals surface area contributed by atoms with Crippen LogP contribution in [0, 0.1) is 0 Å². The number of hydrogen-bond donors (Lipinski definition) is 1. The molecule has 2 atom stereocenters. The molecule has 0 saturated heterocycles. The van der Waals surface area contributed by atoms with Crippen molar-refractivity contribution in [2.75, 3.05) is 0 Å². The summed E-state index contributed by atoms with van der Waals surface area (Å²) in [5.74, 6) is 1.58. The lowest BCUT2D eigenvalue weighted by Crippen LogP contribution is -2.32. The highest BCUT2D eigenvalue weighted by Crippen LogP contribution is 2.30. The molecule has 1 aromatic rings. The molecule has 18 heavy (non-hydrogen) atoms. The first-order valence-corrected chi connectivity index (χ1v) is 7.25. The Morgan fingerprint density at radius 3 is 2.61 bits per heavy atom. The third kappa shape index (κ3) is 3.05. The second kappa shape index (κ2) is 4.93. The van der Waals surface area contributed by atoms with Crippen LogP contribution >= 0.6 is 0 Å². The molecule has 2 unspecified atom stereocenters. The van der Waals surface area contributed by atoms with Crippen LogP contribution in [0.5, 0.6) is 5.75 Å². The van der Waals surface area contributed by atoms with Crippen molar-refractivity contribution < 1.29 is 4.74 Å². The van der Waals surface area contributed by atoms with Crippen molar-refractivity contribution in [1.29, 1.82) is 0 Å². The molecule has 2 saturated carbocycles. The molecule has 0 radical (unpaired) electrons. The van der Waals surface area contributed by atoms with Gasteiger partial charge >= 0.3 is 0 Å². The van der Waals surface area contributed by atoms with Crippen LogP contribution in [0.2, 0.25) is 0 Å². The van der Waals surface area contributed by atoms with E-state index in [2.05, 4.69) is 43.4 Å². The van der Waals surface area contributed by atoms with E-state index in [0.717, 1.165) is 11.8 Å². The van der Waals surface area contributed by atoms with Gasteiger partial charge in [-0.1, -0.05) is 19.1 Å². The molecular formula is C16H23NO. The van der Waals surface area contributed by atoms with Crippen molar-refractivity contribution in [3.63, 3.8) is 0 Å². The number of nitrogens with one attached hydrogen (secondary N) is 1. The van der Waals surface area contributed by atoms with Gasteiger partial charge in [0.1, 0.15) is 5.75 Å². The lowest BCUT2D eigenvalue weighted by Gasteiger charge is -2.22. The molecule has 0 amide bonds. The lowest BCUT2D eigenvalue weighted by molar-refractivity contribution is 0.302. The molecule has 0 spiro atoms. The van der Waals surface area contributed by atoms with E-state index in [-0.39, 0.29) is 0 Å². The number of ether oxygens (including phenoxy) is 1. The standard InChI is InChI=1S/C16H23NO/c1-11(12(2)17-14-6-7-14)13-4-3-5-16(10-13)18-15-8-9-15/h3-5,10-12,14-15,17H,6-9H2,1-2H3. The molecule has 0 aliphatic heterocycles. The van der Waals surface area contributed by atoms with Crippen LogP contribution in [0.1, 0.15) is 51.0 Å². The minimum Gasteiger partial charge on any atom is -0.490 e. The molecule has 2 aliphatic rings. The molecule has 1 N–H and O–H groups in total. The van der Waals surface area contributed by atoms with E-state index in [0.29, 0.717) is 18.1 Å². The van der Waals surface area contributed by atoms with Gasteiger partial charge in [-0.2, -0.15) is 0 Å². The zero-order valence-corrected chi connectivity index (χ0v) is 11.4. The Morgan fingerprint density at radius 2 is 1.94 bits per heavy atom. The second-order valence-electron chi connectivity index (χ2n) is 5.91. The maximum atomic E-state index is 5.87. The van der Waals surface area contributed by atoms with Gasteiger partial charge in [-0.15, -0.1) is 0 Å². The summed E-state index contributed by atoms with van der Waals surface area (Å²) in [5.41, 5.74) is 1.38. The number of hydrogen-bond acceptors (Lipinski definition) is 2. The number of rotatable bonds is 6. The summed E-state index contributed by atoms with van der Waals surface area (Å²) in [6.07, 6.45) is 5.63. The fraction of sp³-hybridized carbons (Fsp3) is 0.625. The van der Waals surface area contributed by atoms with Crippen molar-refractivity contribution in [1.82, 2.24) is 5.32 Å². The average molecular weight is 245 g/mol. The second-order valence-corrected chi connectivity index (χ2v) is 5.91. The Kier molecular flexibility index (Phi) is 3.29. The van der Waals surface area contributed by atoms with Crippen LogP contribution in [0.25, 0.3) is 0 Å². The third-order valence-corrected chi connectivity index (χ3v) is 4.04. The lowest BCUT2D eigenvalue weighted by atomic mass is 9.94. The molecule has 0 aromatic heterocycles. The third-order valence-electron chi connectivity index (χ3n) is 4.04. The van der Waals surface area contributed by atoms with E-state index in [4.69, 9.17) is 4.74 Å². The van der Waals surface area contributed by atoms with E-state index in [1.807, 2.05) is 0 Å². The highest BCUT2D eigenvalue weighted by atomic mass is 16.5. The largest absolute Gasteiger partial charge is 0.490 e. The van der Waals surface area contributed by atoms with Gasteiger partial charge in [0.2, 0.25) is 0 Å². The van der Waals surface area contributed by atoms with Crippen LogP contribution in [0.15, 0.2) is 24.3 Å². The zero-order valence-electron chi connectivity index (χ0n) is 11.4. The van der Waals surface area contributed by atoms with E-state index >= 15 is 0 Å². The maximum absolute atomic E-state index is 5.87. The van der Waals surface area contributed by atoms with E-state index in [9.17, 15) is 0 Å². The summed E-state index contributed by atoms with van der Waals surface area (Å²) in [6, 6.07) is 9.94. The van der Waals surface area contributed by atoms with E-state index in [1.54, 1.807) is 0 Å². The summed E-state index contributed by atoms with van der Waals surface area (Å²) in [7, 11) is 0. The summed E-state index contributed by atoms with van der Waals surface area (Å²) >= 11 is 0. The Hall–Kier alpha value is -1.02. The Labute approximate surface area is 110 Å². The number of benzene rings is 1. The van der Waals surface area contributed by atoms with Gasteiger partial charge in [0.15, 0.2) is 0 Å². The van der Waals surface area contributed by atoms with Gasteiger partial charge in [0.05, 0.1) is 6.10 Å². The first kappa shape index (κ1) is 12.0. The summed E-state index contributed by atoms with van der Waals surface area (Å²) in [6.45, 7) is 4.59. The monoisotopic (exact) mass is 245 g/mol. The van der Waals surface area contributed by atoms with Crippen molar-refractivity contribution in [2.24, 2.45) is 0 Å². The van der Waals surface area contributed by atoms with Gasteiger partial charge in [-0.05, 0) is 56.2 Å². The van der Waals surface area contributed by atoms with Crippen LogP contribution in [-0.2, 0) is 0 Å². The quantitative estimate of drug-likeness (QED) is 0.828. The van der Waals surface area contributed by atoms with Crippen molar-refractivity contribution in [3.05, 3.63) is 29.8 Å². The normalized spacial score (nSPS) is 22.6. The Morgan fingerprint density at radius 1 is 1.17 bits per heavy atom. The topological polar surface area (TPSA) is 21.3 Å². The molecule has 3 rings (SSSR count). The van der Waals surface area contributed by atoms with Gasteiger partial charge in [-0.25, -0.2) is 0 Å². The predicted octanol–water partition coefficient (Wildman–Crippen LogP) is 3.47. The summed E-state index contributed by atoms with van der Waals surface area (Å²) in [5, 5.41) is 3.68. The molecule has 2 fully saturated rings. The van der Waals surface area contributed by atoms with Crippen LogP contribution in [-0.4, -0.2) is 18.2 Å². The molecule has 2 nitrogen and oxygen atoms in total. The molecule has 2 heteroatoms. The molecule has 0 bridgehead atoms. The van der Waals surface area contributed by atoms with E-state index < -0.39 is 0 Å². The van der Waals surface area contributed by atoms with Crippen LogP contribution < -0.4 is 10.1 Å². The van der Waals surface area contributed by atoms with Crippen LogP contribution in [0.3, 0.4) is 0 Å². The van der Waals surface area contributed by atoms with Crippen molar-refractivity contribution in [2.45, 2.75) is 63.6 Å². The fourth-order valence-corrected chi connectivity index (χ4v) is 2.30. The Balaban J connectivity index is 1.64. The molecule has 0 heterocycles. The predicted molar refractivity (Wildman–Crippen MR) is 74.1 cm³/mol. The summed E-state index contributed by atoms with van der Waals surface area (Å²) < 4.78 is 5.87. The fourth-order valence-electron chi connectivity index (χ4n) is 2.30. The van der Waals surface area contributed by atoms with Gasteiger partial charge in [0.25, 0.3) is 0 Å². The summed E-state index contributed by atoms with van der Waals surface area (Å²) in [4.78, 5) is 0. The highest BCUT2D eigenvalue weighted by Gasteiger charge is 2.26. The van der Waals surface area contributed by atoms with E-state index in [1.165, 1.54) is 31.2 Å². The zero-order chi connectivity index (χ0) is 12.5. The maximum Gasteiger partial charge on any atom is 0.120 e. The van der Waals surface area contributed by atoms with Crippen molar-refractivity contribution in [3.8, 4) is 5.75 Å². The first-order valence-electron chi connectivity index (χ1n) is 7.25. The molecule has 1 aromatic carbocycles. The first-order chi connectivity index (χ1) is 8.72.